The molecule has 0 saturated heterocycles. The van der Waals surface area contributed by atoms with Crippen LogP contribution in [0.5, 0.6) is 0 Å². The summed E-state index contributed by atoms with van der Waals surface area (Å²) in [5.41, 5.74) is 11.8. The highest BCUT2D eigenvalue weighted by Gasteiger charge is 2.24. The Labute approximate surface area is 213 Å². The monoisotopic (exact) mass is 488 g/mol. The smallest absolute Gasteiger partial charge is 0.304 e. The highest BCUT2D eigenvalue weighted by Crippen LogP contribution is 2.31. The van der Waals surface area contributed by atoms with Gasteiger partial charge in [0.25, 0.3) is 0 Å². The van der Waals surface area contributed by atoms with Crippen molar-refractivity contribution < 1.29 is 14.7 Å². The number of carbonyl (C=O) groups is 2. The first kappa shape index (κ1) is 26.8. The van der Waals surface area contributed by atoms with Gasteiger partial charge in [-0.15, -0.1) is 0 Å². The van der Waals surface area contributed by atoms with Crippen molar-refractivity contribution in [1.82, 2.24) is 9.91 Å². The number of aliphatic carboxylic acids is 1. The second-order valence-corrected chi connectivity index (χ2v) is 9.18. The number of carboxylic acid groups (broad SMARTS) is 1. The maximum Gasteiger partial charge on any atom is 0.304 e. The summed E-state index contributed by atoms with van der Waals surface area (Å²) in [4.78, 5) is 26.6. The molecule has 7 nitrogen and oxygen atoms in total. The first-order valence-corrected chi connectivity index (χ1v) is 12.2. The molecule has 2 aromatic carbocycles. The maximum atomic E-state index is 12.9. The van der Waals surface area contributed by atoms with Gasteiger partial charge in [-0.2, -0.15) is 0 Å². The van der Waals surface area contributed by atoms with E-state index in [4.69, 9.17) is 11.6 Å². The molecule has 0 bridgehead atoms. The average molecular weight is 489 g/mol. The predicted molar refractivity (Wildman–Crippen MR) is 142 cm³/mol. The highest BCUT2D eigenvalue weighted by molar-refractivity contribution is 5.79. The number of benzene rings is 2. The number of nitrogens with two attached hydrogens (primary N) is 2. The van der Waals surface area contributed by atoms with Gasteiger partial charge in [0, 0.05) is 31.2 Å². The molecular formula is C29H36N4O3. The van der Waals surface area contributed by atoms with Crippen molar-refractivity contribution in [3.8, 4) is 0 Å². The minimum absolute atomic E-state index is 0.0510. The topological polar surface area (TPSA) is 113 Å². The fourth-order valence-corrected chi connectivity index (χ4v) is 4.49. The van der Waals surface area contributed by atoms with Crippen LogP contribution >= 0.6 is 0 Å². The Kier molecular flexibility index (Phi) is 9.08. The van der Waals surface area contributed by atoms with Crippen LogP contribution in [0.2, 0.25) is 0 Å². The molecule has 7 heteroatoms. The number of nitrogens with zero attached hydrogens (tertiary/aromatic N) is 2. The number of rotatable bonds is 10. The molecule has 0 saturated carbocycles. The lowest BCUT2D eigenvalue weighted by Gasteiger charge is -2.30. The lowest BCUT2D eigenvalue weighted by Crippen LogP contribution is -2.37. The van der Waals surface area contributed by atoms with E-state index in [0.717, 1.165) is 28.7 Å². The lowest BCUT2D eigenvalue weighted by atomic mass is 9.85. The molecule has 3 rings (SSSR count). The van der Waals surface area contributed by atoms with Crippen LogP contribution in [0.15, 0.2) is 84.2 Å². The zero-order valence-corrected chi connectivity index (χ0v) is 21.1. The third-order valence-electron chi connectivity index (χ3n) is 6.61. The Morgan fingerprint density at radius 3 is 2.53 bits per heavy atom. The summed E-state index contributed by atoms with van der Waals surface area (Å²) in [5, 5.41) is 11.1. The number of allylic oxidation sites excluding steroid dienone is 3. The van der Waals surface area contributed by atoms with E-state index in [1.807, 2.05) is 61.2 Å². The summed E-state index contributed by atoms with van der Waals surface area (Å²) in [6.45, 7) is 9.35. The molecule has 1 amide bonds. The Morgan fingerprint density at radius 1 is 1.17 bits per heavy atom. The molecule has 190 valence electrons. The molecular weight excluding hydrogens is 452 g/mol. The highest BCUT2D eigenvalue weighted by atomic mass is 16.4. The Bertz CT molecular complexity index is 1170. The molecule has 0 aromatic heterocycles. The van der Waals surface area contributed by atoms with E-state index in [1.165, 1.54) is 10.6 Å². The summed E-state index contributed by atoms with van der Waals surface area (Å²) in [7, 11) is 0. The largest absolute Gasteiger partial charge is 0.481 e. The van der Waals surface area contributed by atoms with Gasteiger partial charge in [0.15, 0.2) is 0 Å². The van der Waals surface area contributed by atoms with Gasteiger partial charge in [-0.1, -0.05) is 66.8 Å². The van der Waals surface area contributed by atoms with Crippen molar-refractivity contribution in [3.05, 3.63) is 106 Å². The minimum Gasteiger partial charge on any atom is -0.481 e. The third kappa shape index (κ3) is 6.86. The van der Waals surface area contributed by atoms with Gasteiger partial charge in [0.2, 0.25) is 5.91 Å². The molecule has 1 unspecified atom stereocenters. The second kappa shape index (κ2) is 12.2. The van der Waals surface area contributed by atoms with Gasteiger partial charge in [-0.05, 0) is 48.6 Å². The van der Waals surface area contributed by atoms with E-state index in [0.29, 0.717) is 37.4 Å². The fraction of sp³-hybridized carbons (Fsp3) is 0.310. The number of likely N-dealkylation sites (N-methyl/N-ethyl adjacent to an activating group) is 1. The van der Waals surface area contributed by atoms with Crippen LogP contribution in [0, 0.1) is 0 Å². The quantitative estimate of drug-likeness (QED) is 0.266. The molecule has 0 fully saturated rings. The Morgan fingerprint density at radius 2 is 1.89 bits per heavy atom. The number of carboxylic acids is 1. The number of hydrogen-bond acceptors (Lipinski definition) is 5. The van der Waals surface area contributed by atoms with Crippen molar-refractivity contribution in [3.63, 3.8) is 0 Å². The fourth-order valence-electron chi connectivity index (χ4n) is 4.49. The van der Waals surface area contributed by atoms with Gasteiger partial charge >= 0.3 is 5.97 Å². The third-order valence-corrected chi connectivity index (χ3v) is 6.61. The van der Waals surface area contributed by atoms with Crippen LogP contribution in [0.1, 0.15) is 48.4 Å². The van der Waals surface area contributed by atoms with E-state index in [2.05, 4.69) is 18.7 Å². The number of fused-ring (bicyclic) bond motifs is 1. The average Bonchev–Trinajstić information content (AvgIpc) is 2.86. The van der Waals surface area contributed by atoms with Crippen molar-refractivity contribution in [2.24, 2.45) is 11.6 Å². The summed E-state index contributed by atoms with van der Waals surface area (Å²) in [5.74, 6) is 4.88. The maximum absolute atomic E-state index is 12.9. The molecule has 36 heavy (non-hydrogen) atoms. The standard InChI is InChI=1S/C29H36N4O3/c1-4-33(31)27(21(3)30)13-10-20(2)26(18-29(35)36)24-12-11-23-14-15-32(19-25(23)17-24)28(34)16-22-8-6-5-7-9-22/h5-13,17,26H,3-4,14-16,18-19,30-31H2,1-2H3,(H,35,36)/b20-10+,27-13+. The summed E-state index contributed by atoms with van der Waals surface area (Å²) in [6.07, 6.45) is 4.73. The molecule has 0 aliphatic carbocycles. The van der Waals surface area contributed by atoms with E-state index in [1.54, 1.807) is 6.08 Å². The SMILES string of the molecule is C=C(N)/C(=C\C=C(/C)C(CC(=O)O)c1ccc2c(c1)CN(C(=O)Cc1ccccc1)CC2)N(N)CC. The number of amides is 1. The van der Waals surface area contributed by atoms with Crippen LogP contribution < -0.4 is 11.6 Å². The molecule has 1 heterocycles. The van der Waals surface area contributed by atoms with Crippen LogP contribution in [-0.2, 0) is 29.0 Å². The first-order chi connectivity index (χ1) is 17.2. The zero-order chi connectivity index (χ0) is 26.2. The number of hydrazine groups is 1. The first-order valence-electron chi connectivity index (χ1n) is 12.2. The predicted octanol–water partition coefficient (Wildman–Crippen LogP) is 3.87. The van der Waals surface area contributed by atoms with Crippen LogP contribution in [0.3, 0.4) is 0 Å². The Balaban J connectivity index is 1.85. The second-order valence-electron chi connectivity index (χ2n) is 9.18. The normalized spacial score (nSPS) is 14.7. The molecule has 5 N–H and O–H groups in total. The van der Waals surface area contributed by atoms with Crippen molar-refractivity contribution in [2.75, 3.05) is 13.1 Å². The molecule has 0 radical (unpaired) electrons. The number of hydrogen-bond donors (Lipinski definition) is 3. The molecule has 0 spiro atoms. The van der Waals surface area contributed by atoms with E-state index >= 15 is 0 Å². The van der Waals surface area contributed by atoms with Gasteiger partial charge in [0.1, 0.15) is 0 Å². The van der Waals surface area contributed by atoms with Gasteiger partial charge < -0.3 is 20.7 Å². The van der Waals surface area contributed by atoms with Crippen LogP contribution in [0.25, 0.3) is 0 Å². The van der Waals surface area contributed by atoms with Crippen molar-refractivity contribution >= 4 is 11.9 Å². The van der Waals surface area contributed by atoms with Gasteiger partial charge in [0.05, 0.1) is 18.5 Å². The van der Waals surface area contributed by atoms with E-state index in [-0.39, 0.29) is 18.2 Å². The van der Waals surface area contributed by atoms with Crippen molar-refractivity contribution in [2.45, 2.75) is 45.6 Å². The zero-order valence-electron chi connectivity index (χ0n) is 21.1. The van der Waals surface area contributed by atoms with Crippen LogP contribution in [0.4, 0.5) is 0 Å². The van der Waals surface area contributed by atoms with E-state index < -0.39 is 5.97 Å². The lowest BCUT2D eigenvalue weighted by molar-refractivity contribution is -0.137. The minimum atomic E-state index is -0.883. The van der Waals surface area contributed by atoms with Crippen molar-refractivity contribution in [1.29, 1.82) is 0 Å². The Hall–Kier alpha value is -3.84. The van der Waals surface area contributed by atoms with Crippen LogP contribution in [-0.4, -0.2) is 40.0 Å². The molecule has 1 atom stereocenters. The molecule has 1 aliphatic rings. The summed E-state index contributed by atoms with van der Waals surface area (Å²) < 4.78 is 0. The molecule has 1 aliphatic heterocycles. The summed E-state index contributed by atoms with van der Waals surface area (Å²) >= 11 is 0. The van der Waals surface area contributed by atoms with Gasteiger partial charge in [-0.25, -0.2) is 5.84 Å². The van der Waals surface area contributed by atoms with E-state index in [9.17, 15) is 14.7 Å². The molecule has 2 aromatic rings. The van der Waals surface area contributed by atoms with Gasteiger partial charge in [-0.3, -0.25) is 9.59 Å². The number of carbonyl (C=O) groups excluding carboxylic acids is 1. The summed E-state index contributed by atoms with van der Waals surface area (Å²) in [6, 6.07) is 15.9.